The van der Waals surface area contributed by atoms with Crippen molar-refractivity contribution in [1.82, 2.24) is 4.90 Å². The molecule has 2 aliphatic heterocycles. The number of ether oxygens (including phenoxy) is 5. The highest BCUT2D eigenvalue weighted by Gasteiger charge is 2.48. The maximum atomic E-state index is 13.0. The van der Waals surface area contributed by atoms with E-state index in [1.54, 1.807) is 51.9 Å². The van der Waals surface area contributed by atoms with Gasteiger partial charge in [-0.3, -0.25) is 14.4 Å². The number of rotatable bonds is 7. The molecule has 240 valence electrons. The number of hydrogen-bond acceptors (Lipinski definition) is 11. The number of carbonyl (C=O) groups excluding carboxylic acids is 3. The van der Waals surface area contributed by atoms with Gasteiger partial charge in [0.05, 0.1) is 30.8 Å². The standard InChI is InChI=1S/C31H51NO10/c1-9-21-16-18(3)22(33)15-13-11-12-14-19(4)39-25(35)17-23(41-24(34)10-2)30(38-8)29(21)42-31-28(37)26(32(6)7)27(36)20(5)40-31/h11-13,15,18-21,23,26-31,36-37H,9-10,14,16-17H2,1-8H3/b12-11+,15-13+/t18-,19+,20+,21+,23-,26+,27+,28+,29-,30+,31-/m0/s1. The van der Waals surface area contributed by atoms with Crippen LogP contribution in [0, 0.1) is 11.8 Å². The van der Waals surface area contributed by atoms with Crippen molar-refractivity contribution in [3.63, 3.8) is 0 Å². The molecule has 42 heavy (non-hydrogen) atoms. The zero-order valence-corrected chi connectivity index (χ0v) is 26.3. The molecular weight excluding hydrogens is 546 g/mol. The van der Waals surface area contributed by atoms with Gasteiger partial charge in [0, 0.05) is 25.9 Å². The van der Waals surface area contributed by atoms with Gasteiger partial charge in [0.15, 0.2) is 12.1 Å². The molecule has 2 N–H and O–H groups in total. The fraction of sp³-hybridized carbons (Fsp3) is 0.774. The van der Waals surface area contributed by atoms with Gasteiger partial charge in [0.1, 0.15) is 24.4 Å². The fourth-order valence-electron chi connectivity index (χ4n) is 5.57. The molecule has 0 aromatic rings. The van der Waals surface area contributed by atoms with Crippen LogP contribution >= 0.6 is 0 Å². The smallest absolute Gasteiger partial charge is 0.309 e. The molecule has 2 rings (SSSR count). The van der Waals surface area contributed by atoms with Gasteiger partial charge in [-0.05, 0) is 46.4 Å². The van der Waals surface area contributed by atoms with E-state index in [1.807, 2.05) is 19.9 Å². The predicted molar refractivity (Wildman–Crippen MR) is 155 cm³/mol. The Labute approximate surface area is 250 Å². The van der Waals surface area contributed by atoms with Crippen LogP contribution in [0.3, 0.4) is 0 Å². The van der Waals surface area contributed by atoms with Crippen molar-refractivity contribution in [1.29, 1.82) is 0 Å². The van der Waals surface area contributed by atoms with E-state index in [2.05, 4.69) is 0 Å². The number of likely N-dealkylation sites (N-methyl/N-ethyl adjacent to an activating group) is 1. The molecule has 0 amide bonds. The number of cyclic esters (lactones) is 1. The normalized spacial score (nSPS) is 39.0. The van der Waals surface area contributed by atoms with Crippen molar-refractivity contribution in [2.24, 2.45) is 11.8 Å². The molecule has 11 atom stereocenters. The second-order valence-corrected chi connectivity index (χ2v) is 11.6. The molecule has 2 aliphatic rings. The van der Waals surface area contributed by atoms with Gasteiger partial charge < -0.3 is 38.8 Å². The quantitative estimate of drug-likeness (QED) is 0.418. The van der Waals surface area contributed by atoms with Crippen LogP contribution in [-0.2, 0) is 38.1 Å². The summed E-state index contributed by atoms with van der Waals surface area (Å²) in [5.74, 6) is -1.88. The minimum absolute atomic E-state index is 0.0651. The Bertz CT molecular complexity index is 937. The largest absolute Gasteiger partial charge is 0.462 e. The molecular formula is C31H51NO10. The van der Waals surface area contributed by atoms with Gasteiger partial charge in [-0.1, -0.05) is 45.4 Å². The summed E-state index contributed by atoms with van der Waals surface area (Å²) in [5, 5.41) is 22.0. The van der Waals surface area contributed by atoms with Crippen LogP contribution in [0.25, 0.3) is 0 Å². The van der Waals surface area contributed by atoms with E-state index in [0.717, 1.165) is 0 Å². The second-order valence-electron chi connectivity index (χ2n) is 11.6. The predicted octanol–water partition coefficient (Wildman–Crippen LogP) is 2.56. The number of methoxy groups -OCH3 is 1. The molecule has 0 aromatic carbocycles. The Morgan fingerprint density at radius 3 is 2.36 bits per heavy atom. The molecule has 11 heteroatoms. The topological polar surface area (TPSA) is 141 Å². The number of carbonyl (C=O) groups is 3. The third-order valence-electron chi connectivity index (χ3n) is 8.04. The summed E-state index contributed by atoms with van der Waals surface area (Å²) in [7, 11) is 4.92. The average molecular weight is 598 g/mol. The monoisotopic (exact) mass is 597 g/mol. The van der Waals surface area contributed by atoms with Crippen molar-refractivity contribution in [3.8, 4) is 0 Å². The van der Waals surface area contributed by atoms with Crippen LogP contribution in [0.15, 0.2) is 24.3 Å². The highest BCUT2D eigenvalue weighted by atomic mass is 16.7. The molecule has 0 aromatic heterocycles. The molecule has 0 bridgehead atoms. The molecule has 0 aliphatic carbocycles. The van der Waals surface area contributed by atoms with Crippen LogP contribution in [-0.4, -0.2) is 109 Å². The Kier molecular flexibility index (Phi) is 14.8. The first-order chi connectivity index (χ1) is 19.8. The van der Waals surface area contributed by atoms with Gasteiger partial charge in [-0.15, -0.1) is 0 Å². The highest BCUT2D eigenvalue weighted by Crippen LogP contribution is 2.33. The summed E-state index contributed by atoms with van der Waals surface area (Å²) < 4.78 is 29.7. The fourth-order valence-corrected chi connectivity index (χ4v) is 5.57. The Morgan fingerprint density at radius 2 is 1.76 bits per heavy atom. The molecule has 0 unspecified atom stereocenters. The molecule has 2 heterocycles. The first-order valence-corrected chi connectivity index (χ1v) is 15.0. The van der Waals surface area contributed by atoms with Crippen molar-refractivity contribution in [3.05, 3.63) is 24.3 Å². The van der Waals surface area contributed by atoms with E-state index >= 15 is 0 Å². The minimum atomic E-state index is -1.24. The lowest BCUT2D eigenvalue weighted by molar-refractivity contribution is -0.310. The van der Waals surface area contributed by atoms with Crippen molar-refractivity contribution in [2.75, 3.05) is 21.2 Å². The number of nitrogens with zero attached hydrogens (tertiary/aromatic N) is 1. The summed E-state index contributed by atoms with van der Waals surface area (Å²) in [6.07, 6.45) is 0.474. The van der Waals surface area contributed by atoms with E-state index < -0.39 is 67.0 Å². The van der Waals surface area contributed by atoms with Crippen LogP contribution in [0.1, 0.15) is 66.7 Å². The third kappa shape index (κ3) is 9.96. The lowest BCUT2D eigenvalue weighted by atomic mass is 9.83. The molecule has 0 radical (unpaired) electrons. The highest BCUT2D eigenvalue weighted by molar-refractivity contribution is 5.91. The van der Waals surface area contributed by atoms with E-state index in [4.69, 9.17) is 23.7 Å². The van der Waals surface area contributed by atoms with Crippen LogP contribution in [0.5, 0.6) is 0 Å². The first kappa shape index (κ1) is 36.0. The number of allylic oxidation sites excluding steroid dienone is 3. The maximum Gasteiger partial charge on any atom is 0.309 e. The first-order valence-electron chi connectivity index (χ1n) is 15.0. The van der Waals surface area contributed by atoms with Crippen LogP contribution in [0.2, 0.25) is 0 Å². The number of hydrogen-bond donors (Lipinski definition) is 2. The van der Waals surface area contributed by atoms with E-state index in [0.29, 0.717) is 19.3 Å². The zero-order chi connectivity index (χ0) is 31.6. The minimum Gasteiger partial charge on any atom is -0.462 e. The third-order valence-corrected chi connectivity index (χ3v) is 8.04. The Balaban J connectivity index is 2.59. The van der Waals surface area contributed by atoms with E-state index in [9.17, 15) is 24.6 Å². The number of aliphatic hydroxyl groups is 2. The summed E-state index contributed by atoms with van der Waals surface area (Å²) >= 11 is 0. The summed E-state index contributed by atoms with van der Waals surface area (Å²) in [4.78, 5) is 40.3. The van der Waals surface area contributed by atoms with Gasteiger partial charge in [-0.2, -0.15) is 0 Å². The SMILES string of the molecule is CCC(=O)O[C@H]1CC(=O)O[C@H](C)C/C=C/C=C/C(=O)[C@@H](C)C[C@@H](CC)[C@H](O[C@@H]2O[C@H](C)[C@@H](O)[C@@H](N(C)C)[C@H]2O)[C@@H]1OC. The van der Waals surface area contributed by atoms with Gasteiger partial charge in [0.25, 0.3) is 0 Å². The Morgan fingerprint density at radius 1 is 1.07 bits per heavy atom. The lowest BCUT2D eigenvalue weighted by Crippen LogP contribution is -2.63. The number of esters is 2. The zero-order valence-electron chi connectivity index (χ0n) is 26.3. The Hall–Kier alpha value is -2.15. The maximum absolute atomic E-state index is 13.0. The van der Waals surface area contributed by atoms with E-state index in [1.165, 1.54) is 13.2 Å². The van der Waals surface area contributed by atoms with Gasteiger partial charge >= 0.3 is 11.9 Å². The number of aliphatic hydroxyl groups excluding tert-OH is 2. The number of ketones is 1. The molecule has 0 saturated carbocycles. The van der Waals surface area contributed by atoms with Gasteiger partial charge in [-0.25, -0.2) is 0 Å². The molecule has 1 fully saturated rings. The van der Waals surface area contributed by atoms with Gasteiger partial charge in [0.2, 0.25) is 0 Å². The molecule has 11 nitrogen and oxygen atoms in total. The van der Waals surface area contributed by atoms with Crippen molar-refractivity contribution < 1.29 is 48.3 Å². The average Bonchev–Trinajstić information content (AvgIpc) is 2.92. The second kappa shape index (κ2) is 17.2. The molecule has 1 saturated heterocycles. The van der Waals surface area contributed by atoms with Crippen LogP contribution in [0.4, 0.5) is 0 Å². The summed E-state index contributed by atoms with van der Waals surface area (Å²) in [6, 6.07) is -0.685. The van der Waals surface area contributed by atoms with Crippen LogP contribution < -0.4 is 0 Å². The summed E-state index contributed by atoms with van der Waals surface area (Å²) in [6.45, 7) is 8.87. The van der Waals surface area contributed by atoms with E-state index in [-0.39, 0.29) is 30.5 Å². The lowest BCUT2D eigenvalue weighted by Gasteiger charge is -2.46. The van der Waals surface area contributed by atoms with Crippen molar-refractivity contribution in [2.45, 2.75) is 122 Å². The summed E-state index contributed by atoms with van der Waals surface area (Å²) in [5.41, 5.74) is 0. The molecule has 0 spiro atoms. The van der Waals surface area contributed by atoms with Crippen molar-refractivity contribution >= 4 is 17.7 Å².